The Morgan fingerprint density at radius 3 is 2.23 bits per heavy atom. The molecule has 1 aliphatic rings. The summed E-state index contributed by atoms with van der Waals surface area (Å²) in [6.07, 6.45) is 0.771. The van der Waals surface area contributed by atoms with Crippen LogP contribution in [-0.4, -0.2) is 30.2 Å². The van der Waals surface area contributed by atoms with Gasteiger partial charge >= 0.3 is 5.97 Å². The van der Waals surface area contributed by atoms with E-state index in [1.54, 1.807) is 7.05 Å². The van der Waals surface area contributed by atoms with Crippen LogP contribution >= 0.6 is 0 Å². The van der Waals surface area contributed by atoms with Gasteiger partial charge in [0, 0.05) is 30.6 Å². The van der Waals surface area contributed by atoms with Gasteiger partial charge in [-0.2, -0.15) is 0 Å². The van der Waals surface area contributed by atoms with E-state index in [-0.39, 0.29) is 50.1 Å². The predicted molar refractivity (Wildman–Crippen MR) is 48.3 cm³/mol. The number of carboxylic acids is 1. The molecule has 1 radical (unpaired) electrons. The van der Waals surface area contributed by atoms with Gasteiger partial charge in [0.1, 0.15) is 0 Å². The Bertz CT molecular complexity index is 157. The van der Waals surface area contributed by atoms with Crippen LogP contribution < -0.4 is 17.2 Å². The Balaban J connectivity index is -0.000000333. The van der Waals surface area contributed by atoms with Crippen molar-refractivity contribution in [3.63, 3.8) is 0 Å². The van der Waals surface area contributed by atoms with Gasteiger partial charge in [0.05, 0.1) is 5.92 Å². The Morgan fingerprint density at radius 1 is 1.62 bits per heavy atom. The molecule has 1 fully saturated rings. The van der Waals surface area contributed by atoms with Gasteiger partial charge in [0.15, 0.2) is 0 Å². The van der Waals surface area contributed by atoms with Gasteiger partial charge in [-0.25, -0.2) is 0 Å². The summed E-state index contributed by atoms with van der Waals surface area (Å²) in [5.41, 5.74) is 5.47. The monoisotopic (exact) mass is 228 g/mol. The molecule has 0 aromatic heterocycles. The van der Waals surface area contributed by atoms with Crippen LogP contribution in [0, 0.1) is 5.92 Å². The zero-order chi connectivity index (χ0) is 7.72. The first-order chi connectivity index (χ1) is 4.66. The SMILES string of the molecule is C.CNC1CC(N)C1C(=O)O.N.[V]. The van der Waals surface area contributed by atoms with E-state index in [1.807, 2.05) is 0 Å². The Morgan fingerprint density at radius 2 is 2.08 bits per heavy atom. The van der Waals surface area contributed by atoms with Crippen molar-refractivity contribution < 1.29 is 28.5 Å². The molecular formula is C7H19N3O2V. The van der Waals surface area contributed by atoms with E-state index in [4.69, 9.17) is 10.8 Å². The van der Waals surface area contributed by atoms with E-state index < -0.39 is 5.97 Å². The number of carbonyl (C=O) groups is 1. The van der Waals surface area contributed by atoms with Crippen LogP contribution in [0.25, 0.3) is 0 Å². The first kappa shape index (κ1) is 18.7. The maximum atomic E-state index is 10.4. The molecule has 3 unspecified atom stereocenters. The Labute approximate surface area is 90.9 Å². The van der Waals surface area contributed by atoms with Crippen LogP contribution in [0.15, 0.2) is 0 Å². The first-order valence-corrected chi connectivity index (χ1v) is 3.32. The topological polar surface area (TPSA) is 110 Å². The fraction of sp³-hybridized carbons (Fsp3) is 0.857. The van der Waals surface area contributed by atoms with Gasteiger partial charge < -0.3 is 22.3 Å². The van der Waals surface area contributed by atoms with E-state index in [2.05, 4.69) is 5.32 Å². The largest absolute Gasteiger partial charge is 0.481 e. The molecule has 0 aromatic carbocycles. The van der Waals surface area contributed by atoms with Crippen molar-refractivity contribution in [2.45, 2.75) is 25.9 Å². The van der Waals surface area contributed by atoms with E-state index in [0.717, 1.165) is 6.42 Å². The number of hydrogen-bond acceptors (Lipinski definition) is 4. The van der Waals surface area contributed by atoms with E-state index in [1.165, 1.54) is 0 Å². The van der Waals surface area contributed by atoms with Crippen molar-refractivity contribution >= 4 is 5.97 Å². The predicted octanol–water partition coefficient (Wildman–Crippen LogP) is -0.198. The van der Waals surface area contributed by atoms with Crippen molar-refractivity contribution in [2.24, 2.45) is 11.7 Å². The first-order valence-electron chi connectivity index (χ1n) is 3.32. The third-order valence-corrected chi connectivity index (χ3v) is 2.08. The van der Waals surface area contributed by atoms with E-state index >= 15 is 0 Å². The summed E-state index contributed by atoms with van der Waals surface area (Å²) in [7, 11) is 1.76. The number of aliphatic carboxylic acids is 1. The normalized spacial score (nSPS) is 29.8. The molecule has 0 bridgehead atoms. The van der Waals surface area contributed by atoms with Gasteiger partial charge in [0.25, 0.3) is 0 Å². The third kappa shape index (κ3) is 3.66. The Kier molecular flexibility index (Phi) is 10.6. The fourth-order valence-electron chi connectivity index (χ4n) is 1.34. The number of rotatable bonds is 2. The van der Waals surface area contributed by atoms with Crippen LogP contribution in [0.5, 0.6) is 0 Å². The molecule has 79 valence electrons. The minimum atomic E-state index is -0.793. The molecule has 0 amide bonds. The minimum Gasteiger partial charge on any atom is -0.481 e. The molecule has 5 nitrogen and oxygen atoms in total. The second-order valence-electron chi connectivity index (χ2n) is 2.66. The molecule has 1 aliphatic carbocycles. The van der Waals surface area contributed by atoms with E-state index in [9.17, 15) is 4.79 Å². The number of nitrogens with two attached hydrogens (primary N) is 1. The number of carboxylic acid groups (broad SMARTS) is 1. The molecule has 0 saturated heterocycles. The van der Waals surface area contributed by atoms with Crippen LogP contribution in [0.2, 0.25) is 0 Å². The zero-order valence-electron chi connectivity index (χ0n) is 7.03. The molecule has 3 atom stereocenters. The van der Waals surface area contributed by atoms with Crippen molar-refractivity contribution in [3.8, 4) is 0 Å². The maximum Gasteiger partial charge on any atom is 0.309 e. The maximum absolute atomic E-state index is 10.4. The molecule has 0 spiro atoms. The van der Waals surface area contributed by atoms with Crippen molar-refractivity contribution in [2.75, 3.05) is 7.05 Å². The summed E-state index contributed by atoms with van der Waals surface area (Å²) in [4.78, 5) is 10.4. The van der Waals surface area contributed by atoms with Crippen molar-refractivity contribution in [3.05, 3.63) is 0 Å². The molecular weight excluding hydrogens is 209 g/mol. The third-order valence-electron chi connectivity index (χ3n) is 2.08. The average Bonchev–Trinajstić information content (AvgIpc) is 1.80. The van der Waals surface area contributed by atoms with Gasteiger partial charge in [0.2, 0.25) is 0 Å². The smallest absolute Gasteiger partial charge is 0.309 e. The van der Waals surface area contributed by atoms with Gasteiger partial charge in [-0.05, 0) is 13.5 Å². The van der Waals surface area contributed by atoms with Gasteiger partial charge in [-0.15, -0.1) is 0 Å². The van der Waals surface area contributed by atoms with Crippen molar-refractivity contribution in [1.82, 2.24) is 11.5 Å². The van der Waals surface area contributed by atoms with Gasteiger partial charge in [-0.1, -0.05) is 7.43 Å². The number of nitrogens with one attached hydrogen (secondary N) is 1. The summed E-state index contributed by atoms with van der Waals surface area (Å²) in [6, 6.07) is -0.0811. The number of hydrogen-bond donors (Lipinski definition) is 4. The molecule has 1 saturated carbocycles. The summed E-state index contributed by atoms with van der Waals surface area (Å²) in [5, 5.41) is 11.5. The second kappa shape index (κ2) is 7.35. The second-order valence-corrected chi connectivity index (χ2v) is 2.66. The molecule has 13 heavy (non-hydrogen) atoms. The van der Waals surface area contributed by atoms with Crippen LogP contribution in [0.4, 0.5) is 0 Å². The Hall–Kier alpha value is -0.0656. The molecule has 7 N–H and O–H groups in total. The average molecular weight is 228 g/mol. The van der Waals surface area contributed by atoms with Crippen LogP contribution in [0.1, 0.15) is 13.8 Å². The summed E-state index contributed by atoms with van der Waals surface area (Å²) < 4.78 is 0. The van der Waals surface area contributed by atoms with Crippen LogP contribution in [-0.2, 0) is 23.4 Å². The van der Waals surface area contributed by atoms with Crippen molar-refractivity contribution in [1.29, 1.82) is 0 Å². The molecule has 0 heterocycles. The summed E-state index contributed by atoms with van der Waals surface area (Å²) in [5.74, 6) is -1.18. The molecule has 6 heteroatoms. The zero-order valence-corrected chi connectivity index (χ0v) is 8.42. The molecule has 0 aromatic rings. The quantitative estimate of drug-likeness (QED) is 0.523. The fourth-order valence-corrected chi connectivity index (χ4v) is 1.34. The summed E-state index contributed by atoms with van der Waals surface area (Å²) in [6.45, 7) is 0. The summed E-state index contributed by atoms with van der Waals surface area (Å²) >= 11 is 0. The molecule has 0 aliphatic heterocycles. The minimum absolute atomic E-state index is 0. The van der Waals surface area contributed by atoms with Gasteiger partial charge in [-0.3, -0.25) is 4.79 Å². The standard InChI is InChI=1S/C6H12N2O2.CH4.H3N.V/c1-8-4-2-3(7)5(4)6(9)10;;;/h3-5,8H,2,7H2,1H3,(H,9,10);1H4;1H3;. The van der Waals surface area contributed by atoms with E-state index in [0.29, 0.717) is 0 Å². The van der Waals surface area contributed by atoms with Crippen LogP contribution in [0.3, 0.4) is 0 Å². The molecule has 1 rings (SSSR count).